The number of rotatable bonds is 29. The lowest BCUT2D eigenvalue weighted by molar-refractivity contribution is -0.0714. The van der Waals surface area contributed by atoms with Crippen LogP contribution >= 0.6 is 0 Å². The topological polar surface area (TPSA) is 134 Å². The highest BCUT2D eigenvalue weighted by Crippen LogP contribution is 2.31. The average Bonchev–Trinajstić information content (AvgIpc) is 4.19. The molecule has 0 aromatic rings. The van der Waals surface area contributed by atoms with E-state index in [0.29, 0.717) is 32.8 Å². The molecule has 0 saturated heterocycles. The average molecular weight is 1080 g/mol. The van der Waals surface area contributed by atoms with Gasteiger partial charge >= 0.3 is 6.16 Å². The number of halogens is 5. The van der Waals surface area contributed by atoms with Crippen molar-refractivity contribution < 1.29 is 74.3 Å². The van der Waals surface area contributed by atoms with Crippen LogP contribution in [0.4, 0.5) is 26.7 Å². The predicted molar refractivity (Wildman–Crippen MR) is 293 cm³/mol. The van der Waals surface area contributed by atoms with E-state index >= 15 is 0 Å². The fourth-order valence-electron chi connectivity index (χ4n) is 5.11. The summed E-state index contributed by atoms with van der Waals surface area (Å²) in [6, 6.07) is 0. The van der Waals surface area contributed by atoms with Crippen molar-refractivity contribution in [1.82, 2.24) is 0 Å². The van der Waals surface area contributed by atoms with E-state index in [9.17, 15) is 26.7 Å². The molecule has 0 spiro atoms. The van der Waals surface area contributed by atoms with Crippen LogP contribution < -0.4 is 0 Å². The van der Waals surface area contributed by atoms with Crippen molar-refractivity contribution in [2.45, 2.75) is 183 Å². The van der Waals surface area contributed by atoms with E-state index in [4.69, 9.17) is 28.4 Å². The predicted octanol–water partition coefficient (Wildman–Crippen LogP) is 15.2. The SMILES string of the molecule is C=CCOCC1CC1.C=CCOCCC.C=NOCC.C=NOCC1CC1.CCCC(F)(F)C(C)F.CCCOCC.CCOCC(C)(F)F.COC(=O)OCCC1CCC1.COCC1CC1.COCC1CCC1. The van der Waals surface area contributed by atoms with E-state index in [2.05, 4.69) is 69.9 Å². The summed E-state index contributed by atoms with van der Waals surface area (Å²) in [5.41, 5.74) is 0. The largest absolute Gasteiger partial charge is 0.507 e. The molecule has 1 unspecified atom stereocenters. The van der Waals surface area contributed by atoms with Crippen LogP contribution in [0.5, 0.6) is 0 Å². The molecular weight excluding hydrogens is 972 g/mol. The molecule has 0 N–H and O–H groups in total. The Hall–Kier alpha value is -2.90. The molecule has 1 atom stereocenters. The van der Waals surface area contributed by atoms with E-state index < -0.39 is 30.8 Å². The van der Waals surface area contributed by atoms with E-state index in [1.165, 1.54) is 84.2 Å². The highest BCUT2D eigenvalue weighted by Gasteiger charge is 2.35. The van der Waals surface area contributed by atoms with Gasteiger partial charge in [-0.15, -0.1) is 23.5 Å². The minimum Gasteiger partial charge on any atom is -0.438 e. The Bertz CT molecular complexity index is 1170. The van der Waals surface area contributed by atoms with E-state index in [1.54, 1.807) is 40.2 Å². The lowest BCUT2D eigenvalue weighted by Gasteiger charge is -2.24. The summed E-state index contributed by atoms with van der Waals surface area (Å²) in [5, 5.41) is 6.37. The molecule has 0 radical (unpaired) electrons. The standard InChI is InChI=1S/C8H14O3.C7H12O.C6H11F3.2C6H12O.C5H10F2O.C5H9NO.C5H10O.C5H12O.C3H7NO/c1-10-8(9)11-6-5-7-3-2-4-7;1-2-5-8-6-7-3-4-7;1-3-4-6(8,9)5(2)7;1-7-5-6-3-2-4-6;1-3-5-7-6-4-2;1-3-8-4-5(2,6)7;1-6-7-4-5-2-3-5;1-6-4-5-2-3-5;1-3-5-6-4-2;1-3-5-4-2/h7H,2-6H2,1H3;2,7H,1,3-6H2;5H,3-4H2,1-2H3;6H,2-5H2,1H3;3H,1,4-6H2,2H3;3-4H2,1-2H3;5H,1-4H2;5H,2-4H2,1H3;3-5H2,1-2H3;2-3H2,1H3. The number of carbonyl (C=O) groups is 1. The molecule has 13 nitrogen and oxygen atoms in total. The molecule has 5 aliphatic carbocycles. The zero-order chi connectivity index (χ0) is 57.2. The molecular formula is C56H109F5N2O11. The zero-order valence-corrected chi connectivity index (χ0v) is 48.4. The van der Waals surface area contributed by atoms with E-state index in [0.717, 1.165) is 116 Å². The monoisotopic (exact) mass is 1080 g/mol. The first-order valence-electron chi connectivity index (χ1n) is 27.1. The van der Waals surface area contributed by atoms with Gasteiger partial charge in [0.25, 0.3) is 11.8 Å². The fourth-order valence-corrected chi connectivity index (χ4v) is 5.11. The molecule has 0 bridgehead atoms. The molecule has 0 aromatic heterocycles. The Morgan fingerprint density at radius 2 is 1.04 bits per heavy atom. The van der Waals surface area contributed by atoms with Crippen molar-refractivity contribution in [3.05, 3.63) is 25.3 Å². The van der Waals surface area contributed by atoms with Gasteiger partial charge in [-0.1, -0.05) is 65.0 Å². The first kappa shape index (κ1) is 80.0. The first-order chi connectivity index (χ1) is 35.4. The van der Waals surface area contributed by atoms with Gasteiger partial charge in [0.1, 0.15) is 19.8 Å². The van der Waals surface area contributed by atoms with Crippen LogP contribution in [0.1, 0.15) is 165 Å². The Labute approximate surface area is 447 Å². The van der Waals surface area contributed by atoms with Crippen molar-refractivity contribution in [2.24, 2.45) is 39.9 Å². The minimum atomic E-state index is -3.12. The highest BCUT2D eigenvalue weighted by molar-refractivity contribution is 5.59. The van der Waals surface area contributed by atoms with Crippen molar-refractivity contribution >= 4 is 19.6 Å². The lowest BCUT2D eigenvalue weighted by Crippen LogP contribution is -2.26. The quantitative estimate of drug-likeness (QED) is 0.0177. The summed E-state index contributed by atoms with van der Waals surface area (Å²) in [5.74, 6) is -1.48. The van der Waals surface area contributed by atoms with Gasteiger partial charge in [-0.05, 0) is 128 Å². The minimum absolute atomic E-state index is 0.321. The van der Waals surface area contributed by atoms with Gasteiger partial charge in [0, 0.05) is 87.2 Å². The number of carbonyl (C=O) groups excluding carboxylic acids is 1. The summed E-state index contributed by atoms with van der Waals surface area (Å²) < 4.78 is 98.3. The van der Waals surface area contributed by atoms with Crippen molar-refractivity contribution in [3.8, 4) is 0 Å². The van der Waals surface area contributed by atoms with Crippen LogP contribution in [0.25, 0.3) is 0 Å². The summed E-state index contributed by atoms with van der Waals surface area (Å²) in [7, 11) is 4.86. The molecule has 18 heteroatoms. The second-order valence-corrected chi connectivity index (χ2v) is 18.1. The molecule has 0 aromatic carbocycles. The summed E-state index contributed by atoms with van der Waals surface area (Å²) in [6.45, 7) is 35.1. The second kappa shape index (κ2) is 61.0. The Balaban J connectivity index is -0.000000240. The van der Waals surface area contributed by atoms with Crippen molar-refractivity contribution in [1.29, 1.82) is 0 Å². The van der Waals surface area contributed by atoms with Gasteiger partial charge in [-0.2, -0.15) is 0 Å². The number of hydrogen-bond acceptors (Lipinski definition) is 13. The number of hydrogen-bond donors (Lipinski definition) is 0. The van der Waals surface area contributed by atoms with Gasteiger partial charge in [0.15, 0.2) is 6.17 Å². The van der Waals surface area contributed by atoms with Crippen LogP contribution in [0.3, 0.4) is 0 Å². The maximum Gasteiger partial charge on any atom is 0.507 e. The molecule has 444 valence electrons. The summed E-state index contributed by atoms with van der Waals surface area (Å²) >= 11 is 0. The third-order valence-corrected chi connectivity index (χ3v) is 10.3. The Morgan fingerprint density at radius 3 is 1.31 bits per heavy atom. The lowest BCUT2D eigenvalue weighted by atomic mass is 9.83. The molecule has 0 heterocycles. The smallest absolute Gasteiger partial charge is 0.438 e. The summed E-state index contributed by atoms with van der Waals surface area (Å²) in [6.07, 6.45) is 20.5. The molecule has 0 amide bonds. The van der Waals surface area contributed by atoms with Crippen LogP contribution in [0.2, 0.25) is 0 Å². The maximum atomic E-state index is 12.2. The third kappa shape index (κ3) is 75.6. The molecule has 74 heavy (non-hydrogen) atoms. The van der Waals surface area contributed by atoms with E-state index in [-0.39, 0.29) is 6.42 Å². The van der Waals surface area contributed by atoms with Gasteiger partial charge in [0.05, 0.1) is 26.9 Å². The van der Waals surface area contributed by atoms with Gasteiger partial charge in [-0.3, -0.25) is 0 Å². The van der Waals surface area contributed by atoms with E-state index in [1.807, 2.05) is 13.8 Å². The normalized spacial score (nSPS) is 15.4. The zero-order valence-electron chi connectivity index (χ0n) is 48.4. The number of oxime groups is 2. The van der Waals surface area contributed by atoms with Crippen LogP contribution in [0, 0.1) is 29.6 Å². The maximum absolute atomic E-state index is 12.2. The molecule has 5 saturated carbocycles. The van der Waals surface area contributed by atoms with Crippen molar-refractivity contribution in [3.63, 3.8) is 0 Å². The Morgan fingerprint density at radius 1 is 0.595 bits per heavy atom. The van der Waals surface area contributed by atoms with Crippen molar-refractivity contribution in [2.75, 3.05) is 107 Å². The number of alkyl halides is 5. The highest BCUT2D eigenvalue weighted by atomic mass is 19.3. The first-order valence-corrected chi connectivity index (χ1v) is 27.1. The molecule has 5 fully saturated rings. The number of methoxy groups -OCH3 is 3. The number of nitrogens with zero attached hydrogens (tertiary/aromatic N) is 2. The third-order valence-electron chi connectivity index (χ3n) is 10.3. The summed E-state index contributed by atoms with van der Waals surface area (Å²) in [4.78, 5) is 19.5. The van der Waals surface area contributed by atoms with Gasteiger partial charge in [0.2, 0.25) is 0 Å². The second-order valence-electron chi connectivity index (χ2n) is 18.1. The fraction of sp³-hybridized carbons (Fsp3) is 0.875. The Kier molecular flexibility index (Phi) is 65.9. The van der Waals surface area contributed by atoms with Gasteiger partial charge < -0.3 is 47.6 Å². The molecule has 5 aliphatic rings. The van der Waals surface area contributed by atoms with Gasteiger partial charge in [-0.25, -0.2) is 26.7 Å². The van der Waals surface area contributed by atoms with Crippen LogP contribution in [-0.2, 0) is 47.6 Å². The molecule has 0 aliphatic heterocycles. The molecule has 5 rings (SSSR count). The van der Waals surface area contributed by atoms with Crippen LogP contribution in [0.15, 0.2) is 35.6 Å². The number of ether oxygens (including phenoxy) is 8. The van der Waals surface area contributed by atoms with Crippen LogP contribution in [-0.4, -0.2) is 145 Å².